The number of carbonyl (C=O) groups excluding carboxylic acids is 2. The van der Waals surface area contributed by atoms with Gasteiger partial charge in [0.05, 0.1) is 18.8 Å². The van der Waals surface area contributed by atoms with Crippen LogP contribution in [0.15, 0.2) is 42.5 Å². The summed E-state index contributed by atoms with van der Waals surface area (Å²) in [6.45, 7) is 8.62. The van der Waals surface area contributed by atoms with Gasteiger partial charge in [0.2, 0.25) is 0 Å². The van der Waals surface area contributed by atoms with Crippen LogP contribution in [0.2, 0.25) is 0 Å². The van der Waals surface area contributed by atoms with E-state index in [4.69, 9.17) is 15.2 Å². The molecule has 0 bridgehead atoms. The van der Waals surface area contributed by atoms with Gasteiger partial charge in [-0.2, -0.15) is 0 Å². The summed E-state index contributed by atoms with van der Waals surface area (Å²) in [5.74, 6) is 0.485. The lowest BCUT2D eigenvalue weighted by Crippen LogP contribution is -2.45. The van der Waals surface area contributed by atoms with Crippen molar-refractivity contribution in [3.63, 3.8) is 0 Å². The topological polar surface area (TPSA) is 90.7 Å². The first-order valence-corrected chi connectivity index (χ1v) is 9.37. The molecule has 29 heavy (non-hydrogen) atoms. The first kappa shape index (κ1) is 24.5. The summed E-state index contributed by atoms with van der Waals surface area (Å²) in [4.78, 5) is 25.7. The first-order valence-electron chi connectivity index (χ1n) is 9.37. The second kappa shape index (κ2) is 10.8. The average Bonchev–Trinajstić information content (AvgIpc) is 2.66. The first-order chi connectivity index (χ1) is 13.3. The molecule has 2 rings (SSSR count). The van der Waals surface area contributed by atoms with Crippen LogP contribution in [0.25, 0.3) is 0 Å². The van der Waals surface area contributed by atoms with E-state index >= 15 is 0 Å². The second-order valence-electron chi connectivity index (χ2n) is 7.07. The lowest BCUT2D eigenvalue weighted by Gasteiger charge is -2.19. The fraction of sp³-hybridized carbons (Fsp3) is 0.364. The van der Waals surface area contributed by atoms with E-state index in [1.165, 1.54) is 0 Å². The number of benzene rings is 2. The molecule has 0 unspecified atom stereocenters. The maximum Gasteiger partial charge on any atom is 0.252 e. The third kappa shape index (κ3) is 6.76. The highest BCUT2D eigenvalue weighted by atomic mass is 35.5. The molecule has 3 N–H and O–H groups in total. The van der Waals surface area contributed by atoms with Gasteiger partial charge in [-0.3, -0.25) is 9.59 Å². The Morgan fingerprint density at radius 2 is 1.55 bits per heavy atom. The predicted octanol–water partition coefficient (Wildman–Crippen LogP) is 3.60. The number of amides is 1. The number of ether oxygens (including phenoxy) is 2. The molecule has 7 heteroatoms. The summed E-state index contributed by atoms with van der Waals surface area (Å²) < 4.78 is 11.1. The molecule has 6 nitrogen and oxygen atoms in total. The summed E-state index contributed by atoms with van der Waals surface area (Å²) in [5.41, 5.74) is 6.43. The summed E-state index contributed by atoms with van der Waals surface area (Å²) in [5, 5.41) is 2.78. The molecule has 0 saturated carbocycles. The molecule has 0 spiro atoms. The highest BCUT2D eigenvalue weighted by molar-refractivity contribution is 6.15. The number of hydrogen-bond donors (Lipinski definition) is 2. The summed E-state index contributed by atoms with van der Waals surface area (Å²) in [6.07, 6.45) is 0. The molecule has 0 aromatic heterocycles. The zero-order chi connectivity index (χ0) is 20.7. The number of rotatable bonds is 9. The summed E-state index contributed by atoms with van der Waals surface area (Å²) >= 11 is 0. The molecule has 2 aromatic rings. The number of ketones is 1. The molecular weight excluding hydrogens is 392 g/mol. The van der Waals surface area contributed by atoms with E-state index in [0.29, 0.717) is 47.9 Å². The maximum absolute atomic E-state index is 13.1. The van der Waals surface area contributed by atoms with Gasteiger partial charge in [0, 0.05) is 23.2 Å². The highest BCUT2D eigenvalue weighted by Crippen LogP contribution is 2.29. The quantitative estimate of drug-likeness (QED) is 0.605. The molecule has 0 heterocycles. The van der Waals surface area contributed by atoms with E-state index in [-0.39, 0.29) is 24.1 Å². The number of halogens is 1. The van der Waals surface area contributed by atoms with Gasteiger partial charge in [-0.05, 0) is 52.0 Å². The number of carbonyl (C=O) groups is 2. The molecule has 0 aliphatic heterocycles. The van der Waals surface area contributed by atoms with Gasteiger partial charge in [-0.25, -0.2) is 0 Å². The molecule has 1 amide bonds. The molecule has 0 radical (unpaired) electrons. The third-order valence-electron chi connectivity index (χ3n) is 3.93. The average molecular weight is 421 g/mol. The van der Waals surface area contributed by atoms with Gasteiger partial charge in [-0.15, -0.1) is 12.4 Å². The molecule has 0 aliphatic carbocycles. The minimum atomic E-state index is -0.546. The predicted molar refractivity (Wildman–Crippen MR) is 117 cm³/mol. The molecule has 158 valence electrons. The van der Waals surface area contributed by atoms with Crippen molar-refractivity contribution in [1.82, 2.24) is 5.32 Å². The van der Waals surface area contributed by atoms with Crippen molar-refractivity contribution in [2.24, 2.45) is 5.73 Å². The van der Waals surface area contributed by atoms with Gasteiger partial charge in [0.15, 0.2) is 17.3 Å². The van der Waals surface area contributed by atoms with Crippen LogP contribution in [-0.4, -0.2) is 37.0 Å². The van der Waals surface area contributed by atoms with Crippen molar-refractivity contribution in [1.29, 1.82) is 0 Å². The van der Waals surface area contributed by atoms with Crippen LogP contribution in [0.5, 0.6) is 11.5 Å². The maximum atomic E-state index is 13.1. The van der Waals surface area contributed by atoms with Crippen LogP contribution in [0.4, 0.5) is 0 Å². The Kier molecular flexibility index (Phi) is 9.14. The SMILES string of the molecule is CCOc1ccc(C(=O)c2ccccc2C(=O)NCC(C)(C)N)cc1OCC.Cl. The van der Waals surface area contributed by atoms with Crippen molar-refractivity contribution >= 4 is 24.1 Å². The molecule has 0 atom stereocenters. The number of hydrogen-bond acceptors (Lipinski definition) is 5. The Labute approximate surface area is 178 Å². The molecular formula is C22H29ClN2O4. The smallest absolute Gasteiger partial charge is 0.252 e. The van der Waals surface area contributed by atoms with E-state index < -0.39 is 5.54 Å². The van der Waals surface area contributed by atoms with Crippen molar-refractivity contribution in [3.8, 4) is 11.5 Å². The van der Waals surface area contributed by atoms with Crippen molar-refractivity contribution in [3.05, 3.63) is 59.2 Å². The third-order valence-corrected chi connectivity index (χ3v) is 3.93. The Balaban J connectivity index is 0.00000420. The van der Waals surface area contributed by atoms with E-state index in [1.54, 1.807) is 42.5 Å². The highest BCUT2D eigenvalue weighted by Gasteiger charge is 2.21. The van der Waals surface area contributed by atoms with Crippen molar-refractivity contribution in [2.75, 3.05) is 19.8 Å². The Morgan fingerprint density at radius 1 is 0.966 bits per heavy atom. The monoisotopic (exact) mass is 420 g/mol. The van der Waals surface area contributed by atoms with E-state index in [0.717, 1.165) is 0 Å². The fourth-order valence-corrected chi connectivity index (χ4v) is 2.63. The standard InChI is InChI=1S/C22H28N2O4.ClH/c1-5-27-18-12-11-15(13-19(18)28-6-2)20(25)16-9-7-8-10-17(16)21(26)24-14-22(3,4)23;/h7-13H,5-6,14,23H2,1-4H3,(H,24,26);1H. The van der Waals surface area contributed by atoms with Crippen LogP contribution >= 0.6 is 12.4 Å². The molecule has 0 saturated heterocycles. The van der Waals surface area contributed by atoms with Gasteiger partial charge < -0.3 is 20.5 Å². The lowest BCUT2D eigenvalue weighted by atomic mass is 9.97. The zero-order valence-electron chi connectivity index (χ0n) is 17.3. The summed E-state index contributed by atoms with van der Waals surface area (Å²) in [6, 6.07) is 11.8. The fourth-order valence-electron chi connectivity index (χ4n) is 2.63. The zero-order valence-corrected chi connectivity index (χ0v) is 18.1. The van der Waals surface area contributed by atoms with Crippen LogP contribution < -0.4 is 20.5 Å². The summed E-state index contributed by atoms with van der Waals surface area (Å²) in [7, 11) is 0. The van der Waals surface area contributed by atoms with E-state index in [9.17, 15) is 9.59 Å². The molecule has 2 aromatic carbocycles. The number of nitrogens with one attached hydrogen (secondary N) is 1. The Morgan fingerprint density at radius 3 is 2.14 bits per heavy atom. The van der Waals surface area contributed by atoms with Crippen molar-refractivity contribution in [2.45, 2.75) is 33.2 Å². The van der Waals surface area contributed by atoms with Crippen LogP contribution in [0.1, 0.15) is 54.0 Å². The van der Waals surface area contributed by atoms with Crippen LogP contribution in [-0.2, 0) is 0 Å². The molecule has 0 aliphatic rings. The van der Waals surface area contributed by atoms with Crippen LogP contribution in [0, 0.1) is 0 Å². The lowest BCUT2D eigenvalue weighted by molar-refractivity contribution is 0.0935. The minimum absolute atomic E-state index is 0. The van der Waals surface area contributed by atoms with Crippen LogP contribution in [0.3, 0.4) is 0 Å². The van der Waals surface area contributed by atoms with E-state index in [2.05, 4.69) is 5.32 Å². The normalized spacial score (nSPS) is 10.7. The molecule has 0 fully saturated rings. The number of nitrogens with two attached hydrogens (primary N) is 1. The van der Waals surface area contributed by atoms with E-state index in [1.807, 2.05) is 27.7 Å². The Bertz CT molecular complexity index is 847. The van der Waals surface area contributed by atoms with Gasteiger partial charge in [0.25, 0.3) is 5.91 Å². The Hall–Kier alpha value is -2.57. The second-order valence-corrected chi connectivity index (χ2v) is 7.07. The van der Waals surface area contributed by atoms with Gasteiger partial charge >= 0.3 is 0 Å². The van der Waals surface area contributed by atoms with Crippen molar-refractivity contribution < 1.29 is 19.1 Å². The minimum Gasteiger partial charge on any atom is -0.490 e. The largest absolute Gasteiger partial charge is 0.490 e. The van der Waals surface area contributed by atoms with Gasteiger partial charge in [-0.1, -0.05) is 18.2 Å². The van der Waals surface area contributed by atoms with Gasteiger partial charge in [0.1, 0.15) is 0 Å².